The molecule has 2 saturated heterocycles. The molecule has 0 amide bonds. The summed E-state index contributed by atoms with van der Waals surface area (Å²) in [4.78, 5) is 6.37. The SMILES string of the molecule is N#Cc1c(SCC2COC2)nc(N2CC(F)C2)c(C#N)c1-c1ccc(OCCO)cc1. The number of anilines is 1. The maximum atomic E-state index is 13.6. The lowest BCUT2D eigenvalue weighted by Gasteiger charge is -2.36. The number of aromatic nitrogens is 1. The van der Waals surface area contributed by atoms with Crippen LogP contribution in [0, 0.1) is 28.6 Å². The molecule has 2 aliphatic rings. The lowest BCUT2D eigenvalue weighted by atomic mass is 9.95. The summed E-state index contributed by atoms with van der Waals surface area (Å²) in [5, 5.41) is 29.4. The number of alkyl halides is 1. The van der Waals surface area contributed by atoms with Crippen LogP contribution in [-0.4, -0.2) is 61.5 Å². The summed E-state index contributed by atoms with van der Waals surface area (Å²) in [6.45, 7) is 1.83. The summed E-state index contributed by atoms with van der Waals surface area (Å²) in [6, 6.07) is 11.4. The van der Waals surface area contributed by atoms with Crippen LogP contribution in [0.4, 0.5) is 10.2 Å². The second-order valence-corrected chi connectivity index (χ2v) is 8.41. The van der Waals surface area contributed by atoms with Crippen molar-refractivity contribution in [2.24, 2.45) is 5.92 Å². The number of nitrogens with zero attached hydrogens (tertiary/aromatic N) is 4. The fourth-order valence-corrected chi connectivity index (χ4v) is 4.47. The van der Waals surface area contributed by atoms with Gasteiger partial charge in [0.2, 0.25) is 0 Å². The smallest absolute Gasteiger partial charge is 0.148 e. The van der Waals surface area contributed by atoms with Gasteiger partial charge in [-0.1, -0.05) is 12.1 Å². The van der Waals surface area contributed by atoms with Crippen molar-refractivity contribution in [3.63, 3.8) is 0 Å². The van der Waals surface area contributed by atoms with Gasteiger partial charge in [-0.2, -0.15) is 10.5 Å². The van der Waals surface area contributed by atoms with E-state index in [0.29, 0.717) is 52.4 Å². The largest absolute Gasteiger partial charge is 0.491 e. The van der Waals surface area contributed by atoms with Gasteiger partial charge < -0.3 is 19.5 Å². The Hall–Kier alpha value is -2.85. The molecule has 0 atom stereocenters. The Morgan fingerprint density at radius 2 is 1.90 bits per heavy atom. The molecule has 2 aliphatic heterocycles. The molecule has 1 aromatic carbocycles. The topological polar surface area (TPSA) is 102 Å². The molecule has 0 saturated carbocycles. The maximum absolute atomic E-state index is 13.6. The molecule has 0 bridgehead atoms. The van der Waals surface area contributed by atoms with Crippen LogP contribution < -0.4 is 9.64 Å². The van der Waals surface area contributed by atoms with Crippen LogP contribution in [0.1, 0.15) is 11.1 Å². The summed E-state index contributed by atoms with van der Waals surface area (Å²) in [7, 11) is 0. The molecular weight excluding hydrogens is 419 g/mol. The minimum absolute atomic E-state index is 0.0926. The highest BCUT2D eigenvalue weighted by Gasteiger charge is 2.33. The highest BCUT2D eigenvalue weighted by molar-refractivity contribution is 7.99. The summed E-state index contributed by atoms with van der Waals surface area (Å²) in [6.07, 6.45) is -0.946. The molecule has 9 heteroatoms. The average molecular weight is 441 g/mol. The van der Waals surface area contributed by atoms with Gasteiger partial charge in [0.15, 0.2) is 0 Å². The monoisotopic (exact) mass is 440 g/mol. The fraction of sp³-hybridized carbons (Fsp3) is 0.409. The lowest BCUT2D eigenvalue weighted by molar-refractivity contribution is -0.0196. The zero-order chi connectivity index (χ0) is 21.8. The molecule has 0 radical (unpaired) electrons. The van der Waals surface area contributed by atoms with E-state index in [1.54, 1.807) is 29.2 Å². The standard InChI is InChI=1S/C22H21FN4O3S/c23-16-9-27(10-16)21-18(7-24)20(15-1-3-17(4-2-15)30-6-5-28)19(8-25)22(26-21)31-13-14-11-29-12-14/h1-4,14,16,28H,5-6,9-13H2. The van der Waals surface area contributed by atoms with Crippen molar-refractivity contribution >= 4 is 17.6 Å². The minimum atomic E-state index is -0.946. The quantitative estimate of drug-likeness (QED) is 0.625. The third kappa shape index (κ3) is 4.45. The summed E-state index contributed by atoms with van der Waals surface area (Å²) in [5.74, 6) is 2.15. The van der Waals surface area contributed by atoms with Gasteiger partial charge in [-0.3, -0.25) is 0 Å². The van der Waals surface area contributed by atoms with E-state index in [-0.39, 0.29) is 31.9 Å². The molecule has 2 aromatic rings. The number of hydrogen-bond donors (Lipinski definition) is 1. The third-order valence-corrected chi connectivity index (χ3v) is 6.38. The fourth-order valence-electron chi connectivity index (χ4n) is 3.44. The predicted molar refractivity (Wildman–Crippen MR) is 114 cm³/mol. The molecule has 1 aromatic heterocycles. The minimum Gasteiger partial charge on any atom is -0.491 e. The average Bonchev–Trinajstić information content (AvgIpc) is 2.73. The van der Waals surface area contributed by atoms with Crippen LogP contribution in [0.3, 0.4) is 0 Å². The molecule has 1 N–H and O–H groups in total. The molecule has 2 fully saturated rings. The number of rotatable bonds is 8. The first kappa shape index (κ1) is 21.4. The maximum Gasteiger partial charge on any atom is 0.148 e. The van der Waals surface area contributed by atoms with E-state index in [0.717, 1.165) is 5.75 Å². The van der Waals surface area contributed by atoms with Gasteiger partial charge in [-0.15, -0.1) is 11.8 Å². The molecule has 0 spiro atoms. The number of halogens is 1. The number of nitriles is 2. The Labute approximate surface area is 184 Å². The zero-order valence-corrected chi connectivity index (χ0v) is 17.6. The van der Waals surface area contributed by atoms with Crippen molar-refractivity contribution in [3.8, 4) is 29.0 Å². The van der Waals surface area contributed by atoms with E-state index in [1.165, 1.54) is 11.8 Å². The summed E-state index contributed by atoms with van der Waals surface area (Å²) >= 11 is 1.47. The second kappa shape index (κ2) is 9.52. The van der Waals surface area contributed by atoms with E-state index in [1.807, 2.05) is 0 Å². The number of hydrogen-bond acceptors (Lipinski definition) is 8. The highest BCUT2D eigenvalue weighted by Crippen LogP contribution is 2.40. The van der Waals surface area contributed by atoms with Crippen molar-refractivity contribution < 1.29 is 19.0 Å². The van der Waals surface area contributed by atoms with Crippen LogP contribution in [0.2, 0.25) is 0 Å². The summed E-state index contributed by atoms with van der Waals surface area (Å²) < 4.78 is 24.2. The number of thioether (sulfide) groups is 1. The Kier molecular flexibility index (Phi) is 6.57. The van der Waals surface area contributed by atoms with Crippen LogP contribution in [0.25, 0.3) is 11.1 Å². The van der Waals surface area contributed by atoms with Crippen molar-refractivity contribution in [1.29, 1.82) is 10.5 Å². The molecular formula is C22H21FN4O3S. The van der Waals surface area contributed by atoms with Crippen molar-refractivity contribution in [3.05, 3.63) is 35.4 Å². The molecule has 0 aliphatic carbocycles. The molecule has 0 unspecified atom stereocenters. The van der Waals surface area contributed by atoms with Gasteiger partial charge in [0.25, 0.3) is 0 Å². The predicted octanol–water partition coefficient (Wildman–Crippen LogP) is 2.76. The van der Waals surface area contributed by atoms with Gasteiger partial charge in [0, 0.05) is 17.2 Å². The van der Waals surface area contributed by atoms with Gasteiger partial charge in [0.05, 0.1) is 38.5 Å². The van der Waals surface area contributed by atoms with Gasteiger partial charge in [-0.05, 0) is 17.7 Å². The van der Waals surface area contributed by atoms with E-state index in [2.05, 4.69) is 17.1 Å². The van der Waals surface area contributed by atoms with E-state index in [9.17, 15) is 14.9 Å². The van der Waals surface area contributed by atoms with Gasteiger partial charge in [0.1, 0.15) is 47.1 Å². The van der Waals surface area contributed by atoms with Crippen LogP contribution >= 0.6 is 11.8 Å². The summed E-state index contributed by atoms with van der Waals surface area (Å²) in [5.41, 5.74) is 1.79. The second-order valence-electron chi connectivity index (χ2n) is 7.40. The Morgan fingerprint density at radius 3 is 2.45 bits per heavy atom. The first-order chi connectivity index (χ1) is 15.1. The van der Waals surface area contributed by atoms with E-state index < -0.39 is 6.17 Å². The number of benzene rings is 1. The number of ether oxygens (including phenoxy) is 2. The van der Waals surface area contributed by atoms with Crippen molar-refractivity contribution in [2.75, 3.05) is 50.2 Å². The molecule has 7 nitrogen and oxygen atoms in total. The first-order valence-corrected chi connectivity index (χ1v) is 10.9. The van der Waals surface area contributed by atoms with E-state index in [4.69, 9.17) is 14.6 Å². The molecule has 3 heterocycles. The number of aliphatic hydroxyl groups excluding tert-OH is 1. The highest BCUT2D eigenvalue weighted by atomic mass is 32.2. The van der Waals surface area contributed by atoms with Gasteiger partial charge >= 0.3 is 0 Å². The molecule has 31 heavy (non-hydrogen) atoms. The normalized spacial score (nSPS) is 16.2. The Morgan fingerprint density at radius 1 is 1.19 bits per heavy atom. The van der Waals surface area contributed by atoms with Crippen LogP contribution in [0.15, 0.2) is 29.3 Å². The number of pyridine rings is 1. The van der Waals surface area contributed by atoms with Crippen LogP contribution in [-0.2, 0) is 4.74 Å². The van der Waals surface area contributed by atoms with Crippen molar-refractivity contribution in [2.45, 2.75) is 11.2 Å². The van der Waals surface area contributed by atoms with Crippen LogP contribution in [0.5, 0.6) is 5.75 Å². The Bertz CT molecular complexity index is 1030. The lowest BCUT2D eigenvalue weighted by Crippen LogP contribution is -2.49. The van der Waals surface area contributed by atoms with Gasteiger partial charge in [-0.25, -0.2) is 9.37 Å². The van der Waals surface area contributed by atoms with E-state index >= 15 is 0 Å². The molecule has 4 rings (SSSR count). The first-order valence-electron chi connectivity index (χ1n) is 9.96. The number of aliphatic hydroxyl groups is 1. The Balaban J connectivity index is 1.77. The zero-order valence-electron chi connectivity index (χ0n) is 16.8. The molecule has 160 valence electrons. The third-order valence-electron chi connectivity index (χ3n) is 5.17. The van der Waals surface area contributed by atoms with Crippen molar-refractivity contribution in [1.82, 2.24) is 4.98 Å².